The van der Waals surface area contributed by atoms with E-state index in [4.69, 9.17) is 9.47 Å². The smallest absolute Gasteiger partial charge is 0.119 e. The molecule has 0 radical (unpaired) electrons. The molecule has 0 aromatic heterocycles. The highest BCUT2D eigenvalue weighted by Gasteiger charge is 2.15. The Hall–Kier alpha value is -6.78. The first-order valence-electron chi connectivity index (χ1n) is 17.7. The summed E-state index contributed by atoms with van der Waals surface area (Å²) in [5.41, 5.74) is 9.55. The van der Waals surface area contributed by atoms with Crippen molar-refractivity contribution >= 4 is 51.4 Å². The van der Waals surface area contributed by atoms with Crippen molar-refractivity contribution in [3.63, 3.8) is 0 Å². The molecule has 0 spiro atoms. The second kappa shape index (κ2) is 16.5. The molecule has 0 aliphatic heterocycles. The van der Waals surface area contributed by atoms with E-state index in [-0.39, 0.29) is 0 Å². The molecule has 0 N–H and O–H groups in total. The van der Waals surface area contributed by atoms with Gasteiger partial charge in [0, 0.05) is 34.1 Å². The molecule has 260 valence electrons. The topological polar surface area (TPSA) is 24.9 Å². The zero-order valence-corrected chi connectivity index (χ0v) is 30.1. The van der Waals surface area contributed by atoms with Gasteiger partial charge in [-0.2, -0.15) is 0 Å². The summed E-state index contributed by atoms with van der Waals surface area (Å²) in [6.45, 7) is 4.28. The minimum Gasteiger partial charge on any atom is -0.497 e. The van der Waals surface area contributed by atoms with Crippen molar-refractivity contribution in [1.82, 2.24) is 0 Å². The van der Waals surface area contributed by atoms with E-state index in [0.717, 1.165) is 79.5 Å². The van der Waals surface area contributed by atoms with Gasteiger partial charge in [-0.15, -0.1) is 0 Å². The average molecular weight is 691 g/mol. The Morgan fingerprint density at radius 3 is 1.70 bits per heavy atom. The lowest BCUT2D eigenvalue weighted by atomic mass is 10.1. The molecule has 4 nitrogen and oxygen atoms in total. The SMILES string of the molecule is C=C1/C=C\C(OC)=C/C/C=C\C(N(c2ccccc2)c2ccc(/C=C/c3ccc(N(c4ccccc4)c4ccc5cc(OC)ccc5c4)cc3)cc2)=C/1. The van der Waals surface area contributed by atoms with Crippen LogP contribution in [0.15, 0.2) is 206 Å². The number of hydrogen-bond donors (Lipinski definition) is 0. The Morgan fingerprint density at radius 2 is 1.08 bits per heavy atom. The molecular weight excluding hydrogens is 649 g/mol. The summed E-state index contributed by atoms with van der Waals surface area (Å²) >= 11 is 0. The van der Waals surface area contributed by atoms with Crippen molar-refractivity contribution in [2.75, 3.05) is 24.0 Å². The maximum Gasteiger partial charge on any atom is 0.119 e. The average Bonchev–Trinajstić information content (AvgIpc) is 3.21. The van der Waals surface area contributed by atoms with Crippen LogP contribution >= 0.6 is 0 Å². The fourth-order valence-corrected chi connectivity index (χ4v) is 6.39. The molecule has 0 fully saturated rings. The molecule has 0 saturated carbocycles. The Balaban J connectivity index is 1.13. The van der Waals surface area contributed by atoms with E-state index in [2.05, 4.69) is 180 Å². The lowest BCUT2D eigenvalue weighted by Gasteiger charge is -2.27. The molecule has 0 amide bonds. The van der Waals surface area contributed by atoms with Crippen molar-refractivity contribution in [3.05, 3.63) is 217 Å². The van der Waals surface area contributed by atoms with Crippen LogP contribution in [0.2, 0.25) is 0 Å². The van der Waals surface area contributed by atoms with Gasteiger partial charge < -0.3 is 19.3 Å². The maximum absolute atomic E-state index is 5.47. The summed E-state index contributed by atoms with van der Waals surface area (Å²) in [6, 6.07) is 51.0. The number of benzene rings is 6. The van der Waals surface area contributed by atoms with Crippen molar-refractivity contribution in [3.8, 4) is 5.75 Å². The minimum absolute atomic E-state index is 0.758. The molecule has 53 heavy (non-hydrogen) atoms. The van der Waals surface area contributed by atoms with Gasteiger partial charge in [-0.3, -0.25) is 0 Å². The van der Waals surface area contributed by atoms with Crippen molar-refractivity contribution in [2.45, 2.75) is 6.42 Å². The van der Waals surface area contributed by atoms with E-state index in [1.807, 2.05) is 30.4 Å². The zero-order chi connectivity index (χ0) is 36.4. The highest BCUT2D eigenvalue weighted by Crippen LogP contribution is 2.37. The first kappa shape index (κ1) is 34.7. The lowest BCUT2D eigenvalue weighted by Crippen LogP contribution is -2.15. The lowest BCUT2D eigenvalue weighted by molar-refractivity contribution is 0.305. The zero-order valence-electron chi connectivity index (χ0n) is 30.1. The first-order valence-corrected chi connectivity index (χ1v) is 17.7. The third kappa shape index (κ3) is 8.41. The molecule has 6 aromatic carbocycles. The van der Waals surface area contributed by atoms with Crippen LogP contribution in [-0.4, -0.2) is 14.2 Å². The predicted octanol–water partition coefficient (Wildman–Crippen LogP) is 13.1. The number of hydrogen-bond acceptors (Lipinski definition) is 4. The van der Waals surface area contributed by atoms with Gasteiger partial charge in [-0.25, -0.2) is 0 Å². The number of nitrogens with zero attached hydrogens (tertiary/aromatic N) is 2. The molecule has 0 heterocycles. The van der Waals surface area contributed by atoms with Crippen molar-refractivity contribution in [1.29, 1.82) is 0 Å². The number of anilines is 5. The Labute approximate surface area is 312 Å². The molecule has 7 rings (SSSR count). The van der Waals surface area contributed by atoms with Crippen molar-refractivity contribution < 1.29 is 9.47 Å². The molecule has 1 aliphatic rings. The Kier molecular flexibility index (Phi) is 10.8. The van der Waals surface area contributed by atoms with Crippen molar-refractivity contribution in [2.24, 2.45) is 0 Å². The van der Waals surface area contributed by atoms with E-state index in [1.165, 1.54) is 0 Å². The minimum atomic E-state index is 0.758. The highest BCUT2D eigenvalue weighted by atomic mass is 16.5. The van der Waals surface area contributed by atoms with E-state index >= 15 is 0 Å². The Bertz CT molecular complexity index is 2330. The fraction of sp³-hybridized carbons (Fsp3) is 0.0612. The highest BCUT2D eigenvalue weighted by molar-refractivity contribution is 5.90. The summed E-state index contributed by atoms with van der Waals surface area (Å²) in [5.74, 6) is 1.68. The van der Waals surface area contributed by atoms with Gasteiger partial charge in [-0.05, 0) is 131 Å². The molecule has 0 saturated heterocycles. The van der Waals surface area contributed by atoms with Gasteiger partial charge in [0.1, 0.15) is 11.5 Å². The number of para-hydroxylation sites is 2. The summed E-state index contributed by atoms with van der Waals surface area (Å²) in [4.78, 5) is 4.55. The third-order valence-corrected chi connectivity index (χ3v) is 9.12. The molecule has 6 aromatic rings. The predicted molar refractivity (Wildman–Crippen MR) is 224 cm³/mol. The van der Waals surface area contributed by atoms with E-state index in [0.29, 0.717) is 0 Å². The molecule has 1 aliphatic carbocycles. The second-order valence-corrected chi connectivity index (χ2v) is 12.7. The molecule has 0 atom stereocenters. The number of methoxy groups -OCH3 is 2. The van der Waals surface area contributed by atoms with Gasteiger partial charge >= 0.3 is 0 Å². The largest absolute Gasteiger partial charge is 0.497 e. The van der Waals surface area contributed by atoms with Gasteiger partial charge in [0.25, 0.3) is 0 Å². The molecule has 0 unspecified atom stereocenters. The number of rotatable bonds is 10. The van der Waals surface area contributed by atoms with Crippen LogP contribution in [0.5, 0.6) is 5.75 Å². The fourth-order valence-electron chi connectivity index (χ4n) is 6.39. The van der Waals surface area contributed by atoms with E-state index in [9.17, 15) is 0 Å². The monoisotopic (exact) mass is 690 g/mol. The van der Waals surface area contributed by atoms with Crippen LogP contribution in [-0.2, 0) is 4.74 Å². The van der Waals surface area contributed by atoms with E-state index in [1.54, 1.807) is 14.2 Å². The molecular formula is C49H42N2O2. The van der Waals surface area contributed by atoms with E-state index < -0.39 is 0 Å². The molecule has 0 bridgehead atoms. The maximum atomic E-state index is 5.47. The van der Waals surface area contributed by atoms with Gasteiger partial charge in [-0.1, -0.05) is 104 Å². The third-order valence-electron chi connectivity index (χ3n) is 9.12. The summed E-state index contributed by atoms with van der Waals surface area (Å²) < 4.78 is 10.9. The number of ether oxygens (including phenoxy) is 2. The number of fused-ring (bicyclic) bond motifs is 1. The van der Waals surface area contributed by atoms with Gasteiger partial charge in [0.15, 0.2) is 0 Å². The summed E-state index contributed by atoms with van der Waals surface area (Å²) in [6.07, 6.45) is 17.5. The summed E-state index contributed by atoms with van der Waals surface area (Å²) in [7, 11) is 3.39. The normalized spacial score (nSPS) is 16.2. The molecule has 4 heteroatoms. The Morgan fingerprint density at radius 1 is 0.528 bits per heavy atom. The second-order valence-electron chi connectivity index (χ2n) is 12.7. The van der Waals surface area contributed by atoms with Crippen LogP contribution in [0.4, 0.5) is 28.4 Å². The first-order chi connectivity index (χ1) is 26.1. The van der Waals surface area contributed by atoms with Gasteiger partial charge in [0.05, 0.1) is 14.2 Å². The van der Waals surface area contributed by atoms with Gasteiger partial charge in [0.2, 0.25) is 0 Å². The van der Waals surface area contributed by atoms with Crippen LogP contribution < -0.4 is 14.5 Å². The standard InChI is InChI=1S/C49H42N2O2/c1-37-18-32-48(52-2)17-11-10-16-46(34-37)50(42-12-6-4-7-13-42)44-27-21-38(22-28-44)19-20-39-23-29-45(30-24-39)51(43-14-8-5-9-15-43)47-31-25-41-36-49(53-3)33-26-40(41)35-47/h4-10,12-36H,1,11H2,2-3H3/b16-10-,20-19+,32-18-,46-34+,48-17+. The number of allylic oxidation sites excluding steroid dienone is 7. The van der Waals surface area contributed by atoms with Crippen LogP contribution in [0, 0.1) is 0 Å². The van der Waals surface area contributed by atoms with Crippen LogP contribution in [0.3, 0.4) is 0 Å². The van der Waals surface area contributed by atoms with Crippen LogP contribution in [0.1, 0.15) is 17.5 Å². The summed E-state index contributed by atoms with van der Waals surface area (Å²) in [5, 5.41) is 2.30. The quantitative estimate of drug-likeness (QED) is 0.134. The van der Waals surface area contributed by atoms with Crippen LogP contribution in [0.25, 0.3) is 22.9 Å².